The highest BCUT2D eigenvalue weighted by Crippen LogP contribution is 2.30. The highest BCUT2D eigenvalue weighted by atomic mass is 35.5. The van der Waals surface area contributed by atoms with Crippen LogP contribution in [-0.2, 0) is 24.4 Å². The van der Waals surface area contributed by atoms with Crippen molar-refractivity contribution in [3.05, 3.63) is 148 Å². The summed E-state index contributed by atoms with van der Waals surface area (Å²) in [5.41, 5.74) is 6.28. The lowest BCUT2D eigenvalue weighted by Gasteiger charge is -2.34. The number of carbonyl (C=O) groups is 1. The van der Waals surface area contributed by atoms with Gasteiger partial charge < -0.3 is 23.8 Å². The molecule has 1 aliphatic heterocycles. The van der Waals surface area contributed by atoms with Crippen molar-refractivity contribution in [2.24, 2.45) is 0 Å². The molecule has 0 spiro atoms. The lowest BCUT2D eigenvalue weighted by Crippen LogP contribution is -2.47. The second-order valence-corrected chi connectivity index (χ2v) is 14.2. The number of aromatic nitrogens is 1. The third kappa shape index (κ3) is 12.2. The fourth-order valence-corrected chi connectivity index (χ4v) is 6.47. The zero-order valence-corrected chi connectivity index (χ0v) is 33.4. The first-order chi connectivity index (χ1) is 26.2. The van der Waals surface area contributed by atoms with Crippen molar-refractivity contribution in [2.45, 2.75) is 53.4 Å². The Labute approximate surface area is 336 Å². The molecule has 0 atom stereocenters. The van der Waals surface area contributed by atoms with Gasteiger partial charge in [0.15, 0.2) is 0 Å². The Bertz CT molecular complexity index is 1990. The van der Waals surface area contributed by atoms with Crippen LogP contribution in [0.1, 0.15) is 47.2 Å². The van der Waals surface area contributed by atoms with Gasteiger partial charge in [0.1, 0.15) is 29.6 Å². The standard InChI is InChI=1S/C45H48ClN3O5.ClH/c1-32(2)53-40-16-14-39(15-17-40)51-26-21-35-9-11-36(12-10-35)30-48-22-24-49(25-23-48)44(50)20-13-37-27-33(3)45(34(4)28-37)54-43-19-18-41(29-47-43)52-31-38-7-5-6-8-42(38)46;/h5-20,27-29,32H,21-26,30-31H2,1-4H3;1H/b20-13+;. The van der Waals surface area contributed by atoms with Crippen LogP contribution >= 0.6 is 24.0 Å². The van der Waals surface area contributed by atoms with Crippen molar-refractivity contribution in [3.63, 3.8) is 0 Å². The van der Waals surface area contributed by atoms with Crippen molar-refractivity contribution >= 4 is 36.0 Å². The monoisotopic (exact) mass is 781 g/mol. The summed E-state index contributed by atoms with van der Waals surface area (Å²) in [7, 11) is 0. The van der Waals surface area contributed by atoms with Crippen molar-refractivity contribution in [1.82, 2.24) is 14.8 Å². The molecule has 4 aromatic carbocycles. The van der Waals surface area contributed by atoms with Crippen LogP contribution < -0.4 is 18.9 Å². The molecule has 288 valence electrons. The van der Waals surface area contributed by atoms with Crippen molar-refractivity contribution in [3.8, 4) is 28.9 Å². The molecule has 0 aliphatic carbocycles. The Kier molecular flexibility index (Phi) is 15.0. The molecule has 0 saturated carbocycles. The molecule has 2 heterocycles. The van der Waals surface area contributed by atoms with E-state index in [1.807, 2.05) is 105 Å². The molecule has 0 radical (unpaired) electrons. The van der Waals surface area contributed by atoms with E-state index >= 15 is 0 Å². The Morgan fingerprint density at radius 2 is 1.47 bits per heavy atom. The van der Waals surface area contributed by atoms with Gasteiger partial charge in [0.2, 0.25) is 11.8 Å². The van der Waals surface area contributed by atoms with Gasteiger partial charge in [0.25, 0.3) is 0 Å². The number of benzene rings is 4. The quantitative estimate of drug-likeness (QED) is 0.0980. The molecule has 0 bridgehead atoms. The number of ether oxygens (including phenoxy) is 4. The van der Waals surface area contributed by atoms with Gasteiger partial charge in [-0.3, -0.25) is 9.69 Å². The Morgan fingerprint density at radius 1 is 0.818 bits per heavy atom. The van der Waals surface area contributed by atoms with Gasteiger partial charge in [0, 0.05) is 61.9 Å². The smallest absolute Gasteiger partial charge is 0.246 e. The van der Waals surface area contributed by atoms with E-state index in [0.717, 1.165) is 65.6 Å². The SMILES string of the molecule is Cc1cc(/C=C/C(=O)N2CCN(Cc3ccc(CCOc4ccc(OC(C)C)cc4)cc3)CC2)cc(C)c1Oc1ccc(OCc2ccccc2Cl)cn1.Cl. The van der Waals surface area contributed by atoms with Crippen LogP contribution in [0.3, 0.4) is 0 Å². The minimum atomic E-state index is 0. The molecule has 5 aromatic rings. The van der Waals surface area contributed by atoms with Gasteiger partial charge in [-0.05, 0) is 110 Å². The Hall–Kier alpha value is -5.02. The molecule has 8 nitrogen and oxygen atoms in total. The van der Waals surface area contributed by atoms with Crippen LogP contribution in [0.25, 0.3) is 6.08 Å². The number of hydrogen-bond acceptors (Lipinski definition) is 7. The molecule has 1 amide bonds. The number of piperazine rings is 1. The molecule has 0 unspecified atom stereocenters. The zero-order chi connectivity index (χ0) is 37.9. The number of rotatable bonds is 15. The first kappa shape index (κ1) is 41.1. The highest BCUT2D eigenvalue weighted by Gasteiger charge is 2.20. The summed E-state index contributed by atoms with van der Waals surface area (Å²) in [5, 5.41) is 0.668. The fraction of sp³-hybridized carbons (Fsp3) is 0.289. The first-order valence-electron chi connectivity index (χ1n) is 18.5. The summed E-state index contributed by atoms with van der Waals surface area (Å²) in [5.74, 6) is 3.56. The van der Waals surface area contributed by atoms with E-state index in [1.54, 1.807) is 18.3 Å². The maximum atomic E-state index is 13.1. The molecule has 10 heteroatoms. The van der Waals surface area contributed by atoms with E-state index in [0.29, 0.717) is 43.0 Å². The van der Waals surface area contributed by atoms with Crippen molar-refractivity contribution in [1.29, 1.82) is 0 Å². The van der Waals surface area contributed by atoms with E-state index in [1.165, 1.54) is 11.1 Å². The van der Waals surface area contributed by atoms with Gasteiger partial charge in [-0.15, -0.1) is 12.4 Å². The third-order valence-corrected chi connectivity index (χ3v) is 9.51. The fourth-order valence-electron chi connectivity index (χ4n) is 6.28. The summed E-state index contributed by atoms with van der Waals surface area (Å²) < 4.78 is 23.6. The normalized spacial score (nSPS) is 13.1. The largest absolute Gasteiger partial charge is 0.493 e. The van der Waals surface area contributed by atoms with Gasteiger partial charge in [-0.1, -0.05) is 54.1 Å². The topological polar surface area (TPSA) is 73.4 Å². The van der Waals surface area contributed by atoms with Crippen LogP contribution in [0, 0.1) is 13.8 Å². The first-order valence-corrected chi connectivity index (χ1v) is 18.8. The second kappa shape index (κ2) is 20.1. The predicted octanol–water partition coefficient (Wildman–Crippen LogP) is 9.91. The summed E-state index contributed by atoms with van der Waals surface area (Å²) in [6.45, 7) is 12.9. The minimum Gasteiger partial charge on any atom is -0.493 e. The number of halogens is 2. The second-order valence-electron chi connectivity index (χ2n) is 13.8. The predicted molar refractivity (Wildman–Crippen MR) is 222 cm³/mol. The average molecular weight is 783 g/mol. The van der Waals surface area contributed by atoms with E-state index in [2.05, 4.69) is 34.1 Å². The van der Waals surface area contributed by atoms with Crippen LogP contribution in [0.5, 0.6) is 28.9 Å². The van der Waals surface area contributed by atoms with Crippen LogP contribution in [-0.4, -0.2) is 59.6 Å². The van der Waals surface area contributed by atoms with Crippen molar-refractivity contribution in [2.75, 3.05) is 32.8 Å². The zero-order valence-electron chi connectivity index (χ0n) is 31.9. The molecule has 1 aliphatic rings. The molecule has 1 saturated heterocycles. The lowest BCUT2D eigenvalue weighted by atomic mass is 10.1. The maximum Gasteiger partial charge on any atom is 0.246 e. The van der Waals surface area contributed by atoms with Crippen LogP contribution in [0.4, 0.5) is 0 Å². The number of aryl methyl sites for hydroxylation is 2. The van der Waals surface area contributed by atoms with Crippen LogP contribution in [0.2, 0.25) is 5.02 Å². The van der Waals surface area contributed by atoms with Crippen molar-refractivity contribution < 1.29 is 23.7 Å². The average Bonchev–Trinajstić information content (AvgIpc) is 3.17. The molecule has 55 heavy (non-hydrogen) atoms. The highest BCUT2D eigenvalue weighted by molar-refractivity contribution is 6.31. The molecule has 1 aromatic heterocycles. The van der Waals surface area contributed by atoms with E-state index in [4.69, 9.17) is 30.5 Å². The number of hydrogen-bond donors (Lipinski definition) is 0. The summed E-state index contributed by atoms with van der Waals surface area (Å²) in [4.78, 5) is 21.9. The molecule has 0 N–H and O–H groups in total. The minimum absolute atomic E-state index is 0. The lowest BCUT2D eigenvalue weighted by molar-refractivity contribution is -0.127. The number of pyridine rings is 1. The maximum absolute atomic E-state index is 13.1. The van der Waals surface area contributed by atoms with E-state index in [-0.39, 0.29) is 24.4 Å². The number of carbonyl (C=O) groups excluding carboxylic acids is 1. The molecular formula is C45H49Cl2N3O5. The third-order valence-electron chi connectivity index (χ3n) is 9.14. The molecule has 1 fully saturated rings. The summed E-state index contributed by atoms with van der Waals surface area (Å²) >= 11 is 6.23. The summed E-state index contributed by atoms with van der Waals surface area (Å²) in [6, 6.07) is 31.8. The van der Waals surface area contributed by atoms with E-state index < -0.39 is 0 Å². The van der Waals surface area contributed by atoms with Gasteiger partial charge in [-0.2, -0.15) is 0 Å². The molecular weight excluding hydrogens is 733 g/mol. The van der Waals surface area contributed by atoms with Crippen LogP contribution in [0.15, 0.2) is 109 Å². The number of nitrogens with zero attached hydrogens (tertiary/aromatic N) is 3. The molecule has 6 rings (SSSR count). The van der Waals surface area contributed by atoms with E-state index in [9.17, 15) is 4.79 Å². The van der Waals surface area contributed by atoms with Gasteiger partial charge in [0.05, 0.1) is 18.9 Å². The number of amides is 1. The summed E-state index contributed by atoms with van der Waals surface area (Å²) in [6.07, 6.45) is 6.18. The Morgan fingerprint density at radius 3 is 2.13 bits per heavy atom. The van der Waals surface area contributed by atoms with Gasteiger partial charge in [-0.25, -0.2) is 4.98 Å². The van der Waals surface area contributed by atoms with Gasteiger partial charge >= 0.3 is 0 Å². The Balaban J connectivity index is 0.00000580.